The van der Waals surface area contributed by atoms with Crippen LogP contribution in [-0.2, 0) is 4.74 Å². The minimum atomic E-state index is -0.341. The van der Waals surface area contributed by atoms with Gasteiger partial charge in [0.2, 0.25) is 0 Å². The molecule has 19 heavy (non-hydrogen) atoms. The number of rotatable bonds is 2. The SMILES string of the molecule is COC(=O)c1cccn2cc(C3CCN(C)C3)nc12. The molecule has 1 fully saturated rings. The molecule has 0 radical (unpaired) electrons. The largest absolute Gasteiger partial charge is 0.465 e. The van der Waals surface area contributed by atoms with E-state index in [0.717, 1.165) is 25.2 Å². The van der Waals surface area contributed by atoms with Crippen LogP contribution in [0.5, 0.6) is 0 Å². The van der Waals surface area contributed by atoms with Crippen molar-refractivity contribution in [3.8, 4) is 0 Å². The molecule has 5 nitrogen and oxygen atoms in total. The van der Waals surface area contributed by atoms with Crippen molar-refractivity contribution in [3.63, 3.8) is 0 Å². The Morgan fingerprint density at radius 2 is 2.37 bits per heavy atom. The van der Waals surface area contributed by atoms with E-state index in [4.69, 9.17) is 4.74 Å². The third kappa shape index (κ3) is 2.10. The van der Waals surface area contributed by atoms with Crippen molar-refractivity contribution in [3.05, 3.63) is 35.8 Å². The molecule has 3 heterocycles. The summed E-state index contributed by atoms with van der Waals surface area (Å²) < 4.78 is 6.70. The molecule has 0 aromatic carbocycles. The number of likely N-dealkylation sites (N-methyl/N-ethyl adjacent to an activating group) is 1. The number of fused-ring (bicyclic) bond motifs is 1. The van der Waals surface area contributed by atoms with Gasteiger partial charge in [0.1, 0.15) is 5.56 Å². The molecule has 3 rings (SSSR count). The molecule has 5 heteroatoms. The zero-order chi connectivity index (χ0) is 13.4. The van der Waals surface area contributed by atoms with E-state index in [1.165, 1.54) is 7.11 Å². The maximum atomic E-state index is 11.7. The first-order valence-corrected chi connectivity index (χ1v) is 6.43. The Balaban J connectivity index is 2.03. The van der Waals surface area contributed by atoms with Crippen LogP contribution in [0.15, 0.2) is 24.5 Å². The van der Waals surface area contributed by atoms with Gasteiger partial charge in [0.15, 0.2) is 5.65 Å². The molecule has 0 bridgehead atoms. The van der Waals surface area contributed by atoms with Crippen LogP contribution in [0.1, 0.15) is 28.4 Å². The van der Waals surface area contributed by atoms with Crippen LogP contribution in [-0.4, -0.2) is 47.5 Å². The quantitative estimate of drug-likeness (QED) is 0.768. The smallest absolute Gasteiger partial charge is 0.341 e. The first-order valence-electron chi connectivity index (χ1n) is 6.43. The minimum Gasteiger partial charge on any atom is -0.465 e. The summed E-state index contributed by atoms with van der Waals surface area (Å²) in [5.74, 6) is 0.113. The number of methoxy groups -OCH3 is 1. The fraction of sp³-hybridized carbons (Fsp3) is 0.429. The van der Waals surface area contributed by atoms with Gasteiger partial charge in [-0.15, -0.1) is 0 Å². The van der Waals surface area contributed by atoms with Gasteiger partial charge in [0, 0.05) is 24.9 Å². The normalized spacial score (nSPS) is 20.0. The maximum absolute atomic E-state index is 11.7. The van der Waals surface area contributed by atoms with Gasteiger partial charge in [0.25, 0.3) is 0 Å². The summed E-state index contributed by atoms with van der Waals surface area (Å²) in [6.07, 6.45) is 5.05. The number of hydrogen-bond donors (Lipinski definition) is 0. The van der Waals surface area contributed by atoms with E-state index in [9.17, 15) is 4.79 Å². The number of imidazole rings is 1. The van der Waals surface area contributed by atoms with E-state index in [1.54, 1.807) is 6.07 Å². The topological polar surface area (TPSA) is 46.8 Å². The first kappa shape index (κ1) is 12.2. The van der Waals surface area contributed by atoms with E-state index in [0.29, 0.717) is 17.1 Å². The van der Waals surface area contributed by atoms with Crippen LogP contribution >= 0.6 is 0 Å². The zero-order valence-electron chi connectivity index (χ0n) is 11.2. The van der Waals surface area contributed by atoms with Gasteiger partial charge < -0.3 is 14.0 Å². The molecular formula is C14H17N3O2. The van der Waals surface area contributed by atoms with Gasteiger partial charge in [-0.3, -0.25) is 0 Å². The zero-order valence-corrected chi connectivity index (χ0v) is 11.2. The van der Waals surface area contributed by atoms with E-state index in [2.05, 4.69) is 16.9 Å². The monoisotopic (exact) mass is 259 g/mol. The van der Waals surface area contributed by atoms with Gasteiger partial charge in [-0.25, -0.2) is 9.78 Å². The molecule has 1 unspecified atom stereocenters. The number of likely N-dealkylation sites (tertiary alicyclic amines) is 1. The number of esters is 1. The predicted octanol–water partition coefficient (Wildman–Crippen LogP) is 1.54. The van der Waals surface area contributed by atoms with Gasteiger partial charge in [-0.2, -0.15) is 0 Å². The number of nitrogens with zero attached hydrogens (tertiary/aromatic N) is 3. The predicted molar refractivity (Wildman–Crippen MR) is 71.4 cm³/mol. The number of pyridine rings is 1. The van der Waals surface area contributed by atoms with Crippen molar-refractivity contribution in [2.24, 2.45) is 0 Å². The summed E-state index contributed by atoms with van der Waals surface area (Å²) in [6, 6.07) is 3.59. The molecule has 100 valence electrons. The average molecular weight is 259 g/mol. The number of aromatic nitrogens is 2. The van der Waals surface area contributed by atoms with Crippen LogP contribution < -0.4 is 0 Å². The Bertz CT molecular complexity index is 620. The lowest BCUT2D eigenvalue weighted by molar-refractivity contribution is 0.0602. The minimum absolute atomic E-state index is 0.341. The van der Waals surface area contributed by atoms with Gasteiger partial charge >= 0.3 is 5.97 Å². The number of ether oxygens (including phenoxy) is 1. The standard InChI is InChI=1S/C14H17N3O2/c1-16-7-5-10(8-16)12-9-17-6-3-4-11(13(17)15-12)14(18)19-2/h3-4,6,9-10H,5,7-8H2,1-2H3. The summed E-state index contributed by atoms with van der Waals surface area (Å²) >= 11 is 0. The van der Waals surface area contributed by atoms with E-state index in [1.807, 2.05) is 22.9 Å². The van der Waals surface area contributed by atoms with E-state index >= 15 is 0 Å². The second kappa shape index (κ2) is 4.66. The van der Waals surface area contributed by atoms with Gasteiger partial charge in [-0.1, -0.05) is 0 Å². The molecule has 1 saturated heterocycles. The highest BCUT2D eigenvalue weighted by molar-refractivity contribution is 5.95. The Hall–Kier alpha value is -1.88. The van der Waals surface area contributed by atoms with Gasteiger partial charge in [-0.05, 0) is 32.1 Å². The second-order valence-electron chi connectivity index (χ2n) is 5.06. The molecule has 2 aromatic rings. The van der Waals surface area contributed by atoms with E-state index in [-0.39, 0.29) is 5.97 Å². The maximum Gasteiger partial charge on any atom is 0.341 e. The third-order valence-electron chi connectivity index (χ3n) is 3.72. The Labute approximate surface area is 111 Å². The second-order valence-corrected chi connectivity index (χ2v) is 5.06. The Morgan fingerprint density at radius 3 is 3.05 bits per heavy atom. The molecule has 1 aliphatic rings. The highest BCUT2D eigenvalue weighted by Gasteiger charge is 2.24. The molecular weight excluding hydrogens is 242 g/mol. The summed E-state index contributed by atoms with van der Waals surface area (Å²) in [4.78, 5) is 18.7. The summed E-state index contributed by atoms with van der Waals surface area (Å²) in [5.41, 5.74) is 2.25. The number of hydrogen-bond acceptors (Lipinski definition) is 4. The first-order chi connectivity index (χ1) is 9.19. The molecule has 1 aliphatic heterocycles. The van der Waals surface area contributed by atoms with Crippen LogP contribution in [0, 0.1) is 0 Å². The lowest BCUT2D eigenvalue weighted by Gasteiger charge is -2.06. The van der Waals surface area contributed by atoms with Crippen molar-refractivity contribution in [2.75, 3.05) is 27.2 Å². The van der Waals surface area contributed by atoms with Crippen molar-refractivity contribution >= 4 is 11.6 Å². The molecule has 0 N–H and O–H groups in total. The van der Waals surface area contributed by atoms with Crippen LogP contribution in [0.4, 0.5) is 0 Å². The molecule has 0 spiro atoms. The van der Waals surface area contributed by atoms with Crippen molar-refractivity contribution in [2.45, 2.75) is 12.3 Å². The van der Waals surface area contributed by atoms with Crippen LogP contribution in [0.3, 0.4) is 0 Å². The summed E-state index contributed by atoms with van der Waals surface area (Å²) in [7, 11) is 3.51. The van der Waals surface area contributed by atoms with Crippen molar-refractivity contribution < 1.29 is 9.53 Å². The van der Waals surface area contributed by atoms with E-state index < -0.39 is 0 Å². The average Bonchev–Trinajstić information content (AvgIpc) is 3.02. The highest BCUT2D eigenvalue weighted by Crippen LogP contribution is 2.26. The third-order valence-corrected chi connectivity index (χ3v) is 3.72. The molecule has 0 saturated carbocycles. The van der Waals surface area contributed by atoms with Crippen LogP contribution in [0.25, 0.3) is 5.65 Å². The highest BCUT2D eigenvalue weighted by atomic mass is 16.5. The summed E-state index contributed by atoms with van der Waals surface area (Å²) in [6.45, 7) is 2.12. The Morgan fingerprint density at radius 1 is 1.53 bits per heavy atom. The number of carbonyl (C=O) groups is 1. The van der Waals surface area contributed by atoms with Crippen molar-refractivity contribution in [1.82, 2.24) is 14.3 Å². The van der Waals surface area contributed by atoms with Crippen molar-refractivity contribution in [1.29, 1.82) is 0 Å². The molecule has 1 atom stereocenters. The van der Waals surface area contributed by atoms with Crippen LogP contribution in [0.2, 0.25) is 0 Å². The molecule has 0 aliphatic carbocycles. The van der Waals surface area contributed by atoms with Gasteiger partial charge in [0.05, 0.1) is 12.8 Å². The Kier molecular flexibility index (Phi) is 2.98. The fourth-order valence-corrected chi connectivity index (χ4v) is 2.67. The lowest BCUT2D eigenvalue weighted by atomic mass is 10.1. The summed E-state index contributed by atoms with van der Waals surface area (Å²) in [5, 5.41) is 0. The fourth-order valence-electron chi connectivity index (χ4n) is 2.67. The lowest BCUT2D eigenvalue weighted by Crippen LogP contribution is -2.13. The number of carbonyl (C=O) groups excluding carboxylic acids is 1. The molecule has 2 aromatic heterocycles. The molecule has 0 amide bonds.